The topological polar surface area (TPSA) is 67.5 Å². The van der Waals surface area contributed by atoms with Gasteiger partial charge in [-0.3, -0.25) is 9.59 Å². The van der Waals surface area contributed by atoms with Gasteiger partial charge < -0.3 is 19.2 Å². The zero-order valence-electron chi connectivity index (χ0n) is 18.7. The minimum Gasteiger partial charge on any atom is -0.463 e. The zero-order valence-corrected chi connectivity index (χ0v) is 18.7. The van der Waals surface area contributed by atoms with Crippen molar-refractivity contribution in [2.75, 3.05) is 0 Å². The lowest BCUT2D eigenvalue weighted by atomic mass is 9.93. The quantitative estimate of drug-likeness (QED) is 0.460. The highest BCUT2D eigenvalue weighted by molar-refractivity contribution is 6.00. The van der Waals surface area contributed by atoms with Crippen LogP contribution in [0.4, 0.5) is 4.39 Å². The molecular weight excluding hydrogens is 433 g/mol. The van der Waals surface area contributed by atoms with Crippen molar-refractivity contribution in [1.29, 1.82) is 0 Å². The Labute approximate surface area is 196 Å². The number of hydrogen-bond acceptors (Lipinski definition) is 3. The maximum Gasteiger partial charge on any atom is 0.271 e. The lowest BCUT2D eigenvalue weighted by molar-refractivity contribution is -0.133. The van der Waals surface area contributed by atoms with E-state index in [2.05, 4.69) is 5.32 Å². The van der Waals surface area contributed by atoms with Crippen molar-refractivity contribution in [1.82, 2.24) is 14.8 Å². The molecule has 0 radical (unpaired) electrons. The summed E-state index contributed by atoms with van der Waals surface area (Å²) in [6, 6.07) is 22.8. The second kappa shape index (κ2) is 8.67. The monoisotopic (exact) mass is 457 g/mol. The van der Waals surface area contributed by atoms with Gasteiger partial charge in [0.2, 0.25) is 5.91 Å². The molecule has 1 atom stereocenters. The second-order valence-corrected chi connectivity index (χ2v) is 8.63. The second-order valence-electron chi connectivity index (χ2n) is 8.63. The number of amides is 2. The molecule has 1 N–H and O–H groups in total. The highest BCUT2D eigenvalue weighted by Gasteiger charge is 2.47. The maximum absolute atomic E-state index is 13.7. The van der Waals surface area contributed by atoms with Crippen LogP contribution in [0, 0.1) is 5.82 Å². The van der Waals surface area contributed by atoms with Gasteiger partial charge in [-0.25, -0.2) is 4.39 Å². The fraction of sp³-hybridized carbons (Fsp3) is 0.185. The first kappa shape index (κ1) is 21.7. The van der Waals surface area contributed by atoms with Crippen molar-refractivity contribution < 1.29 is 18.4 Å². The van der Waals surface area contributed by atoms with Gasteiger partial charge in [0.1, 0.15) is 22.8 Å². The van der Waals surface area contributed by atoms with Crippen LogP contribution in [0.15, 0.2) is 89.5 Å². The number of halogens is 1. The van der Waals surface area contributed by atoms with Crippen LogP contribution < -0.4 is 5.32 Å². The van der Waals surface area contributed by atoms with Crippen LogP contribution in [-0.2, 0) is 24.4 Å². The summed E-state index contributed by atoms with van der Waals surface area (Å²) in [6.45, 7) is 2.54. The van der Waals surface area contributed by atoms with E-state index in [1.54, 1.807) is 42.4 Å². The van der Waals surface area contributed by atoms with E-state index >= 15 is 0 Å². The number of carbonyl (C=O) groups excluding carboxylic acids is 2. The highest BCUT2D eigenvalue weighted by Crippen LogP contribution is 2.34. The number of carbonyl (C=O) groups is 2. The normalized spacial score (nSPS) is 17.5. The third-order valence-corrected chi connectivity index (χ3v) is 6.32. The van der Waals surface area contributed by atoms with Crippen LogP contribution in [0.25, 0.3) is 11.5 Å². The molecule has 34 heavy (non-hydrogen) atoms. The minimum atomic E-state index is -1.19. The molecule has 0 fully saturated rings. The van der Waals surface area contributed by atoms with Gasteiger partial charge in [0.15, 0.2) is 0 Å². The Kier molecular flexibility index (Phi) is 5.53. The van der Waals surface area contributed by atoms with Crippen LogP contribution in [-0.4, -0.2) is 26.8 Å². The van der Waals surface area contributed by atoms with Crippen LogP contribution in [0.5, 0.6) is 0 Å². The number of hydrogen-bond donors (Lipinski definition) is 1. The molecule has 6 nitrogen and oxygen atoms in total. The van der Waals surface area contributed by atoms with E-state index in [0.29, 0.717) is 18.0 Å². The standard InChI is InChI=1S/C27H24FN3O3/c1-27(26(33)29-16-19-6-3-2-4-7-19)18-30-22(24-8-5-15-34-24)13-14-23(30)25(32)31(27)17-20-9-11-21(28)12-10-20/h2-15H,16-18H2,1H3,(H,29,33). The van der Waals surface area contributed by atoms with Crippen LogP contribution in [0.1, 0.15) is 28.5 Å². The smallest absolute Gasteiger partial charge is 0.271 e. The molecule has 0 bridgehead atoms. The first-order valence-corrected chi connectivity index (χ1v) is 11.1. The summed E-state index contributed by atoms with van der Waals surface area (Å²) in [6.07, 6.45) is 1.58. The molecule has 0 aliphatic carbocycles. The summed E-state index contributed by atoms with van der Waals surface area (Å²) < 4.78 is 20.9. The summed E-state index contributed by atoms with van der Waals surface area (Å²) >= 11 is 0. The van der Waals surface area contributed by atoms with Crippen molar-refractivity contribution in [3.8, 4) is 11.5 Å². The molecule has 0 saturated carbocycles. The number of benzene rings is 2. The fourth-order valence-corrected chi connectivity index (χ4v) is 4.40. The Morgan fingerprint density at radius 1 is 0.971 bits per heavy atom. The fourth-order valence-electron chi connectivity index (χ4n) is 4.40. The Morgan fingerprint density at radius 3 is 2.41 bits per heavy atom. The van der Waals surface area contributed by atoms with E-state index < -0.39 is 5.54 Å². The van der Waals surface area contributed by atoms with Gasteiger partial charge in [-0.2, -0.15) is 0 Å². The maximum atomic E-state index is 13.7. The molecule has 2 aromatic heterocycles. The van der Waals surface area contributed by atoms with Crippen molar-refractivity contribution in [3.05, 3.63) is 108 Å². The third-order valence-electron chi connectivity index (χ3n) is 6.32. The Hall–Kier alpha value is -4.13. The first-order valence-electron chi connectivity index (χ1n) is 11.1. The van der Waals surface area contributed by atoms with Crippen LogP contribution >= 0.6 is 0 Å². The summed E-state index contributed by atoms with van der Waals surface area (Å²) in [5, 5.41) is 3.00. The van der Waals surface area contributed by atoms with Crippen molar-refractivity contribution in [2.45, 2.75) is 32.1 Å². The number of furan rings is 1. The van der Waals surface area contributed by atoms with E-state index in [1.165, 1.54) is 12.1 Å². The largest absolute Gasteiger partial charge is 0.463 e. The predicted octanol–water partition coefficient (Wildman–Crippen LogP) is 4.62. The van der Waals surface area contributed by atoms with Gasteiger partial charge in [-0.05, 0) is 54.4 Å². The first-order chi connectivity index (χ1) is 16.5. The number of rotatable bonds is 6. The van der Waals surface area contributed by atoms with Gasteiger partial charge in [0, 0.05) is 13.1 Å². The van der Waals surface area contributed by atoms with E-state index in [4.69, 9.17) is 4.42 Å². The average molecular weight is 458 g/mol. The van der Waals surface area contributed by atoms with Crippen molar-refractivity contribution in [2.24, 2.45) is 0 Å². The van der Waals surface area contributed by atoms with Gasteiger partial charge in [0.25, 0.3) is 5.91 Å². The van der Waals surface area contributed by atoms with Gasteiger partial charge in [-0.1, -0.05) is 42.5 Å². The molecule has 2 aromatic carbocycles. The number of aromatic nitrogens is 1. The number of nitrogens with one attached hydrogen (secondary N) is 1. The third kappa shape index (κ3) is 3.90. The average Bonchev–Trinajstić information content (AvgIpc) is 3.52. The van der Waals surface area contributed by atoms with E-state index in [-0.39, 0.29) is 30.7 Å². The van der Waals surface area contributed by atoms with Crippen molar-refractivity contribution in [3.63, 3.8) is 0 Å². The Balaban J connectivity index is 1.51. The molecule has 5 rings (SSSR count). The Bertz CT molecular complexity index is 1310. The minimum absolute atomic E-state index is 0.176. The number of fused-ring (bicyclic) bond motifs is 1. The summed E-state index contributed by atoms with van der Waals surface area (Å²) in [7, 11) is 0. The molecule has 7 heteroatoms. The summed E-state index contributed by atoms with van der Waals surface area (Å²) in [5.74, 6) is -0.269. The predicted molar refractivity (Wildman–Crippen MR) is 125 cm³/mol. The van der Waals surface area contributed by atoms with E-state index in [0.717, 1.165) is 16.8 Å². The summed E-state index contributed by atoms with van der Waals surface area (Å²) in [5.41, 5.74) is 1.72. The molecule has 4 aromatic rings. The van der Waals surface area contributed by atoms with Crippen LogP contribution in [0.2, 0.25) is 0 Å². The molecule has 1 aliphatic heterocycles. The molecule has 172 valence electrons. The van der Waals surface area contributed by atoms with Gasteiger partial charge >= 0.3 is 0 Å². The highest BCUT2D eigenvalue weighted by atomic mass is 19.1. The molecule has 1 aliphatic rings. The summed E-state index contributed by atoms with van der Waals surface area (Å²) in [4.78, 5) is 28.9. The van der Waals surface area contributed by atoms with E-state index in [9.17, 15) is 14.0 Å². The number of nitrogens with zero attached hydrogens (tertiary/aromatic N) is 2. The van der Waals surface area contributed by atoms with Crippen molar-refractivity contribution >= 4 is 11.8 Å². The molecule has 0 spiro atoms. The van der Waals surface area contributed by atoms with Gasteiger partial charge in [0.05, 0.1) is 18.5 Å². The Morgan fingerprint density at radius 2 is 1.71 bits per heavy atom. The molecule has 1 unspecified atom stereocenters. The lowest BCUT2D eigenvalue weighted by Crippen LogP contribution is -2.63. The SMILES string of the molecule is CC1(C(=O)NCc2ccccc2)Cn2c(ccc2-c2ccco2)C(=O)N1Cc1ccc(F)cc1. The van der Waals surface area contributed by atoms with Gasteiger partial charge in [-0.15, -0.1) is 0 Å². The lowest BCUT2D eigenvalue weighted by Gasteiger charge is -2.44. The molecule has 0 saturated heterocycles. The molecular formula is C27H24FN3O3. The molecule has 3 heterocycles. The van der Waals surface area contributed by atoms with E-state index in [1.807, 2.05) is 47.0 Å². The van der Waals surface area contributed by atoms with Crippen LogP contribution in [0.3, 0.4) is 0 Å². The molecule has 2 amide bonds. The zero-order chi connectivity index (χ0) is 23.7.